The number of ether oxygens (including phenoxy) is 1. The lowest BCUT2D eigenvalue weighted by molar-refractivity contribution is -0.147. The maximum Gasteiger partial charge on any atom is 0.472 e. The number of hydrogen-bond donors (Lipinski definition) is 4. The van der Waals surface area contributed by atoms with Gasteiger partial charge in [-0.25, -0.2) is 9.36 Å². The van der Waals surface area contributed by atoms with Gasteiger partial charge in [0.15, 0.2) is 6.04 Å². The summed E-state index contributed by atoms with van der Waals surface area (Å²) >= 11 is 0. The van der Waals surface area contributed by atoms with E-state index in [9.17, 15) is 34.1 Å². The minimum atomic E-state index is -4.75. The van der Waals surface area contributed by atoms with Crippen molar-refractivity contribution in [2.45, 2.75) is 167 Å². The minimum absolute atomic E-state index is 0.130. The quantitative estimate of drug-likeness (QED) is 0.0206. The number of phosphoric ester groups is 1. The van der Waals surface area contributed by atoms with Crippen LogP contribution in [0, 0.1) is 0 Å². The van der Waals surface area contributed by atoms with E-state index in [1.165, 1.54) is 19.3 Å². The van der Waals surface area contributed by atoms with Crippen molar-refractivity contribution in [3.05, 3.63) is 60.8 Å². The molecule has 0 aromatic rings. The number of rotatable bonds is 37. The fraction of sp³-hybridized carbons (Fsp3) is 0.690. The molecule has 0 aromatic heterocycles. The highest BCUT2D eigenvalue weighted by Crippen LogP contribution is 2.43. The van der Waals surface area contributed by atoms with Crippen LogP contribution in [0.1, 0.15) is 155 Å². The van der Waals surface area contributed by atoms with E-state index in [1.807, 2.05) is 0 Å². The molecule has 0 radical (unpaired) electrons. The van der Waals surface area contributed by atoms with Crippen LogP contribution in [-0.4, -0.2) is 64.9 Å². The topological polar surface area (TPSA) is 169 Å². The molecular weight excluding hydrogens is 709 g/mol. The number of hydrogen-bond acceptors (Lipinski definition) is 8. The number of carbonyl (C=O) groups is 3. The van der Waals surface area contributed by atoms with Crippen molar-refractivity contribution in [1.82, 2.24) is 5.32 Å². The lowest BCUT2D eigenvalue weighted by Crippen LogP contribution is -2.43. The second-order valence-corrected chi connectivity index (χ2v) is 14.9. The number of esters is 1. The maximum atomic E-state index is 12.3. The number of carboxylic acids is 1. The van der Waals surface area contributed by atoms with Crippen LogP contribution < -0.4 is 5.32 Å². The molecule has 4 N–H and O–H groups in total. The van der Waals surface area contributed by atoms with Crippen LogP contribution >= 0.6 is 7.82 Å². The normalized spacial score (nSPS) is 14.4. The Morgan fingerprint density at radius 1 is 0.611 bits per heavy atom. The zero-order valence-electron chi connectivity index (χ0n) is 33.3. The minimum Gasteiger partial charge on any atom is -0.480 e. The van der Waals surface area contributed by atoms with Gasteiger partial charge < -0.3 is 25.2 Å². The molecule has 0 aliphatic carbocycles. The Labute approximate surface area is 326 Å². The van der Waals surface area contributed by atoms with Crippen LogP contribution in [-0.2, 0) is 32.7 Å². The number of unbranched alkanes of at least 4 members (excludes halogenated alkanes) is 13. The zero-order chi connectivity index (χ0) is 40.0. The predicted molar refractivity (Wildman–Crippen MR) is 217 cm³/mol. The molecular formula is C42H72NO10P. The van der Waals surface area contributed by atoms with Gasteiger partial charge >= 0.3 is 19.8 Å². The van der Waals surface area contributed by atoms with Gasteiger partial charge in [-0.15, -0.1) is 0 Å². The van der Waals surface area contributed by atoms with Crippen LogP contribution in [0.15, 0.2) is 60.8 Å². The molecule has 0 aliphatic rings. The van der Waals surface area contributed by atoms with Crippen molar-refractivity contribution in [2.24, 2.45) is 0 Å². The molecule has 0 aliphatic heterocycles. The molecule has 0 spiro atoms. The molecule has 310 valence electrons. The first kappa shape index (κ1) is 51.2. The van der Waals surface area contributed by atoms with Gasteiger partial charge in [-0.05, 0) is 57.8 Å². The molecule has 0 aromatic carbocycles. The third kappa shape index (κ3) is 36.2. The smallest absolute Gasteiger partial charge is 0.472 e. The maximum absolute atomic E-state index is 12.3. The Morgan fingerprint density at radius 3 is 1.61 bits per heavy atom. The summed E-state index contributed by atoms with van der Waals surface area (Å²) in [5.74, 6) is -2.40. The molecule has 0 heterocycles. The zero-order valence-corrected chi connectivity index (χ0v) is 34.1. The number of aliphatic hydroxyl groups is 1. The molecule has 3 atom stereocenters. The summed E-state index contributed by atoms with van der Waals surface area (Å²) in [6.45, 7) is 2.39. The van der Waals surface area contributed by atoms with Crippen molar-refractivity contribution in [3.8, 4) is 0 Å². The van der Waals surface area contributed by atoms with E-state index in [2.05, 4.69) is 79.9 Å². The monoisotopic (exact) mass is 781 g/mol. The van der Waals surface area contributed by atoms with Gasteiger partial charge in [0.1, 0.15) is 12.7 Å². The van der Waals surface area contributed by atoms with E-state index in [0.717, 1.165) is 96.3 Å². The number of carboxylic acid groups (broad SMARTS) is 1. The Kier molecular flexibility index (Phi) is 35.2. The number of phosphoric acid groups is 1. The highest BCUT2D eigenvalue weighted by molar-refractivity contribution is 7.47. The fourth-order valence-electron chi connectivity index (χ4n) is 5.16. The first-order valence-corrected chi connectivity index (χ1v) is 21.8. The molecule has 0 saturated heterocycles. The van der Waals surface area contributed by atoms with Gasteiger partial charge in [0, 0.05) is 12.8 Å². The van der Waals surface area contributed by atoms with Gasteiger partial charge in [0.25, 0.3) is 0 Å². The number of aliphatic carboxylic acids is 1. The second-order valence-electron chi connectivity index (χ2n) is 13.4. The second kappa shape index (κ2) is 37.1. The van der Waals surface area contributed by atoms with Gasteiger partial charge in [0.2, 0.25) is 5.91 Å². The average molecular weight is 782 g/mol. The summed E-state index contributed by atoms with van der Waals surface area (Å²) < 4.78 is 26.6. The van der Waals surface area contributed by atoms with Gasteiger partial charge in [-0.1, -0.05) is 145 Å². The summed E-state index contributed by atoms with van der Waals surface area (Å²) in [5, 5.41) is 21.7. The molecule has 0 rings (SSSR count). The fourth-order valence-corrected chi connectivity index (χ4v) is 5.94. The van der Waals surface area contributed by atoms with E-state index >= 15 is 0 Å². The van der Waals surface area contributed by atoms with E-state index in [1.54, 1.807) is 0 Å². The Balaban J connectivity index is 3.94. The van der Waals surface area contributed by atoms with Crippen LogP contribution in [0.25, 0.3) is 0 Å². The van der Waals surface area contributed by atoms with Crippen molar-refractivity contribution < 1.29 is 47.8 Å². The molecule has 0 fully saturated rings. The van der Waals surface area contributed by atoms with Crippen LogP contribution in [0.2, 0.25) is 0 Å². The molecule has 11 nitrogen and oxygen atoms in total. The summed E-state index contributed by atoms with van der Waals surface area (Å²) in [4.78, 5) is 45.6. The standard InChI is InChI=1S/C42H72NO10P/c1-3-5-7-9-11-12-13-14-15-16-17-18-19-20-21-22-23-24-25-26-28-29-31-33-40(45)43-39(42(47)48)37-53-54(49,50)52-36-38(44)35-51-41(46)34-32-30-27-10-8-6-4-2/h5,7,11-12,14-15,17-18,20-21,38-39,44H,3-4,6,8-10,13,16,19,22-37H2,1-2H3,(H,43,45)(H,47,48)(H,49,50)/b7-5-,12-11-,15-14-,18-17-,21-20-. The Bertz CT molecular complexity index is 1150. The molecule has 0 bridgehead atoms. The average Bonchev–Trinajstić information content (AvgIpc) is 3.14. The van der Waals surface area contributed by atoms with Crippen molar-refractivity contribution >= 4 is 25.7 Å². The number of nitrogens with one attached hydrogen (secondary N) is 1. The molecule has 1 amide bonds. The van der Waals surface area contributed by atoms with Gasteiger partial charge in [-0.3, -0.25) is 18.6 Å². The lowest BCUT2D eigenvalue weighted by Gasteiger charge is -2.18. The van der Waals surface area contributed by atoms with Gasteiger partial charge in [-0.2, -0.15) is 0 Å². The lowest BCUT2D eigenvalue weighted by atomic mass is 10.1. The highest BCUT2D eigenvalue weighted by Gasteiger charge is 2.28. The highest BCUT2D eigenvalue weighted by atomic mass is 31.2. The van der Waals surface area contributed by atoms with Gasteiger partial charge in [0.05, 0.1) is 13.2 Å². The SMILES string of the molecule is CC/C=C\C/C=C\C/C=C\C/C=C\C/C=C\CCCCCCCCCC(=O)NC(COP(=O)(O)OCC(O)COC(=O)CCCCCCCCC)C(=O)O. The summed E-state index contributed by atoms with van der Waals surface area (Å²) in [7, 11) is -4.75. The van der Waals surface area contributed by atoms with Crippen LogP contribution in [0.3, 0.4) is 0 Å². The first-order valence-electron chi connectivity index (χ1n) is 20.3. The first-order chi connectivity index (χ1) is 26.1. The summed E-state index contributed by atoms with van der Waals surface area (Å²) in [5.41, 5.74) is 0. The van der Waals surface area contributed by atoms with Crippen LogP contribution in [0.5, 0.6) is 0 Å². The summed E-state index contributed by atoms with van der Waals surface area (Å²) in [6, 6.07) is -1.55. The van der Waals surface area contributed by atoms with Crippen molar-refractivity contribution in [1.29, 1.82) is 0 Å². The van der Waals surface area contributed by atoms with Crippen LogP contribution in [0.4, 0.5) is 0 Å². The number of amides is 1. The molecule has 0 saturated carbocycles. The predicted octanol–water partition coefficient (Wildman–Crippen LogP) is 10.00. The Hall–Kier alpha value is -2.82. The number of aliphatic hydroxyl groups excluding tert-OH is 1. The van der Waals surface area contributed by atoms with E-state index < -0.39 is 57.6 Å². The summed E-state index contributed by atoms with van der Waals surface area (Å²) in [6.07, 6.45) is 41.3. The van der Waals surface area contributed by atoms with E-state index in [-0.39, 0.29) is 12.8 Å². The van der Waals surface area contributed by atoms with Crippen molar-refractivity contribution in [3.63, 3.8) is 0 Å². The number of allylic oxidation sites excluding steroid dienone is 10. The molecule has 54 heavy (non-hydrogen) atoms. The number of carbonyl (C=O) groups excluding carboxylic acids is 2. The molecule has 12 heteroatoms. The van der Waals surface area contributed by atoms with Crippen molar-refractivity contribution in [2.75, 3.05) is 19.8 Å². The third-order valence-corrected chi connectivity index (χ3v) is 9.27. The van der Waals surface area contributed by atoms with E-state index in [4.69, 9.17) is 13.8 Å². The molecule has 3 unspecified atom stereocenters. The Morgan fingerprint density at radius 2 is 1.07 bits per heavy atom. The third-order valence-electron chi connectivity index (χ3n) is 8.32. The van der Waals surface area contributed by atoms with E-state index in [0.29, 0.717) is 12.8 Å². The largest absolute Gasteiger partial charge is 0.480 e.